The first kappa shape index (κ1) is 17.9. The van der Waals surface area contributed by atoms with Gasteiger partial charge in [0.25, 0.3) is 5.91 Å². The predicted molar refractivity (Wildman–Crippen MR) is 102 cm³/mol. The van der Waals surface area contributed by atoms with Crippen molar-refractivity contribution in [1.82, 2.24) is 24.2 Å². The standard InChI is InChI=1S/C20H25N5O/c1-15-14-16(2)25(22-15)18-9-7-17(8-10-18)20(26)24(4)12-5-6-19-21-11-13-23(19)3/h7-11,13-14H,5-6,12H2,1-4H3. The van der Waals surface area contributed by atoms with Crippen LogP contribution in [0.25, 0.3) is 5.69 Å². The predicted octanol–water partition coefficient (Wildman–Crippen LogP) is 2.93. The molecule has 0 bridgehead atoms. The second-order valence-corrected chi connectivity index (χ2v) is 6.67. The summed E-state index contributed by atoms with van der Waals surface area (Å²) in [5, 5.41) is 4.48. The SMILES string of the molecule is Cc1cc(C)n(-c2ccc(C(=O)N(C)CCCc3nccn3C)cc2)n1. The largest absolute Gasteiger partial charge is 0.342 e. The highest BCUT2D eigenvalue weighted by Crippen LogP contribution is 2.14. The molecule has 2 heterocycles. The highest BCUT2D eigenvalue weighted by atomic mass is 16.2. The minimum Gasteiger partial charge on any atom is -0.342 e. The molecular weight excluding hydrogens is 326 g/mol. The lowest BCUT2D eigenvalue weighted by molar-refractivity contribution is 0.0793. The zero-order valence-corrected chi connectivity index (χ0v) is 15.8. The van der Waals surface area contributed by atoms with E-state index in [9.17, 15) is 4.79 Å². The van der Waals surface area contributed by atoms with E-state index in [-0.39, 0.29) is 5.91 Å². The molecule has 0 spiro atoms. The summed E-state index contributed by atoms with van der Waals surface area (Å²) in [6.45, 7) is 4.70. The fraction of sp³-hybridized carbons (Fsp3) is 0.350. The topological polar surface area (TPSA) is 56.0 Å². The number of carbonyl (C=O) groups excluding carboxylic acids is 1. The molecule has 0 atom stereocenters. The molecule has 0 aliphatic heterocycles. The van der Waals surface area contributed by atoms with E-state index < -0.39 is 0 Å². The number of rotatable bonds is 6. The molecule has 0 fully saturated rings. The number of benzene rings is 1. The van der Waals surface area contributed by atoms with Crippen LogP contribution in [0.15, 0.2) is 42.7 Å². The summed E-state index contributed by atoms with van der Waals surface area (Å²) >= 11 is 0. The van der Waals surface area contributed by atoms with Crippen LogP contribution in [-0.2, 0) is 13.5 Å². The highest BCUT2D eigenvalue weighted by molar-refractivity contribution is 5.94. The van der Waals surface area contributed by atoms with Gasteiger partial charge in [0.2, 0.25) is 0 Å². The summed E-state index contributed by atoms with van der Waals surface area (Å²) in [5.41, 5.74) is 3.71. The molecule has 0 aliphatic carbocycles. The average molecular weight is 351 g/mol. The van der Waals surface area contributed by atoms with E-state index in [1.807, 2.05) is 73.7 Å². The minimum atomic E-state index is 0.0322. The Hall–Kier alpha value is -2.89. The van der Waals surface area contributed by atoms with Gasteiger partial charge in [-0.25, -0.2) is 9.67 Å². The van der Waals surface area contributed by atoms with Crippen LogP contribution in [0.4, 0.5) is 0 Å². The first-order chi connectivity index (χ1) is 12.5. The fourth-order valence-corrected chi connectivity index (χ4v) is 3.07. The highest BCUT2D eigenvalue weighted by Gasteiger charge is 2.12. The number of nitrogens with zero attached hydrogens (tertiary/aromatic N) is 5. The summed E-state index contributed by atoms with van der Waals surface area (Å²) in [6.07, 6.45) is 5.48. The van der Waals surface area contributed by atoms with E-state index in [4.69, 9.17) is 0 Å². The van der Waals surface area contributed by atoms with Gasteiger partial charge in [0, 0.05) is 50.7 Å². The van der Waals surface area contributed by atoms with Crippen molar-refractivity contribution >= 4 is 5.91 Å². The minimum absolute atomic E-state index is 0.0322. The summed E-state index contributed by atoms with van der Waals surface area (Å²) in [4.78, 5) is 18.7. The number of aryl methyl sites for hydroxylation is 4. The van der Waals surface area contributed by atoms with E-state index in [2.05, 4.69) is 10.1 Å². The Morgan fingerprint density at radius 2 is 1.92 bits per heavy atom. The number of amides is 1. The van der Waals surface area contributed by atoms with E-state index in [0.29, 0.717) is 12.1 Å². The van der Waals surface area contributed by atoms with Crippen molar-refractivity contribution in [3.8, 4) is 5.69 Å². The summed E-state index contributed by atoms with van der Waals surface area (Å²) in [5.74, 6) is 1.07. The van der Waals surface area contributed by atoms with Gasteiger partial charge in [-0.05, 0) is 50.6 Å². The Morgan fingerprint density at radius 1 is 1.19 bits per heavy atom. The van der Waals surface area contributed by atoms with Crippen LogP contribution in [0.2, 0.25) is 0 Å². The van der Waals surface area contributed by atoms with Gasteiger partial charge in [-0.3, -0.25) is 4.79 Å². The molecule has 0 unspecified atom stereocenters. The molecule has 0 aliphatic rings. The van der Waals surface area contributed by atoms with Crippen molar-refractivity contribution in [3.05, 3.63) is 65.5 Å². The van der Waals surface area contributed by atoms with Gasteiger partial charge in [0.1, 0.15) is 5.82 Å². The van der Waals surface area contributed by atoms with Crippen molar-refractivity contribution in [2.24, 2.45) is 7.05 Å². The third-order valence-corrected chi connectivity index (χ3v) is 4.53. The monoisotopic (exact) mass is 351 g/mol. The van der Waals surface area contributed by atoms with Crippen LogP contribution in [-0.4, -0.2) is 43.7 Å². The second-order valence-electron chi connectivity index (χ2n) is 6.67. The zero-order valence-electron chi connectivity index (χ0n) is 15.8. The van der Waals surface area contributed by atoms with Crippen LogP contribution < -0.4 is 0 Å². The maximum atomic E-state index is 12.6. The molecule has 6 nitrogen and oxygen atoms in total. The molecule has 26 heavy (non-hydrogen) atoms. The molecule has 0 N–H and O–H groups in total. The molecule has 6 heteroatoms. The Kier molecular flexibility index (Phi) is 5.21. The van der Waals surface area contributed by atoms with Crippen molar-refractivity contribution in [2.45, 2.75) is 26.7 Å². The molecule has 0 saturated heterocycles. The third kappa shape index (κ3) is 3.85. The zero-order chi connectivity index (χ0) is 18.7. The number of hydrogen-bond acceptors (Lipinski definition) is 3. The maximum absolute atomic E-state index is 12.6. The van der Waals surface area contributed by atoms with Crippen molar-refractivity contribution in [2.75, 3.05) is 13.6 Å². The Bertz CT molecular complexity index is 891. The van der Waals surface area contributed by atoms with Gasteiger partial charge in [-0.2, -0.15) is 5.10 Å². The van der Waals surface area contributed by atoms with Gasteiger partial charge in [-0.1, -0.05) is 0 Å². The third-order valence-electron chi connectivity index (χ3n) is 4.53. The van der Waals surface area contributed by atoms with Gasteiger partial charge in [0.15, 0.2) is 0 Å². The van der Waals surface area contributed by atoms with Gasteiger partial charge in [0.05, 0.1) is 11.4 Å². The lowest BCUT2D eigenvalue weighted by Crippen LogP contribution is -2.28. The molecule has 0 saturated carbocycles. The molecule has 3 aromatic rings. The first-order valence-electron chi connectivity index (χ1n) is 8.81. The fourth-order valence-electron chi connectivity index (χ4n) is 3.07. The molecule has 2 aromatic heterocycles. The lowest BCUT2D eigenvalue weighted by atomic mass is 10.1. The maximum Gasteiger partial charge on any atom is 0.253 e. The van der Waals surface area contributed by atoms with Gasteiger partial charge >= 0.3 is 0 Å². The van der Waals surface area contributed by atoms with Crippen LogP contribution in [0.1, 0.15) is 34.0 Å². The second kappa shape index (κ2) is 7.56. The molecular formula is C20H25N5O. The Balaban J connectivity index is 1.60. The van der Waals surface area contributed by atoms with E-state index in [1.54, 1.807) is 11.1 Å². The molecule has 1 amide bonds. The van der Waals surface area contributed by atoms with Crippen molar-refractivity contribution in [3.63, 3.8) is 0 Å². The first-order valence-corrected chi connectivity index (χ1v) is 8.81. The van der Waals surface area contributed by atoms with Crippen LogP contribution in [0.3, 0.4) is 0 Å². The number of imidazole rings is 1. The Labute approximate surface area is 154 Å². The van der Waals surface area contributed by atoms with Crippen molar-refractivity contribution < 1.29 is 4.79 Å². The normalized spacial score (nSPS) is 10.9. The molecule has 3 rings (SSSR count). The lowest BCUT2D eigenvalue weighted by Gasteiger charge is -2.17. The smallest absolute Gasteiger partial charge is 0.253 e. The van der Waals surface area contributed by atoms with Gasteiger partial charge < -0.3 is 9.47 Å². The summed E-state index contributed by atoms with van der Waals surface area (Å²) < 4.78 is 3.90. The van der Waals surface area contributed by atoms with Crippen LogP contribution >= 0.6 is 0 Å². The summed E-state index contributed by atoms with van der Waals surface area (Å²) in [6, 6.07) is 9.64. The molecule has 136 valence electrons. The molecule has 1 aromatic carbocycles. The Morgan fingerprint density at radius 3 is 2.50 bits per heavy atom. The number of carbonyl (C=O) groups is 1. The number of hydrogen-bond donors (Lipinski definition) is 0. The van der Waals surface area contributed by atoms with Crippen LogP contribution in [0, 0.1) is 13.8 Å². The average Bonchev–Trinajstić information content (AvgIpc) is 3.19. The number of aromatic nitrogens is 4. The van der Waals surface area contributed by atoms with Gasteiger partial charge in [-0.15, -0.1) is 0 Å². The van der Waals surface area contributed by atoms with Crippen molar-refractivity contribution in [1.29, 1.82) is 0 Å². The van der Waals surface area contributed by atoms with E-state index >= 15 is 0 Å². The van der Waals surface area contributed by atoms with Crippen LogP contribution in [0.5, 0.6) is 0 Å². The summed E-state index contributed by atoms with van der Waals surface area (Å²) in [7, 11) is 3.83. The van der Waals surface area contributed by atoms with E-state index in [0.717, 1.165) is 35.7 Å². The molecule has 0 radical (unpaired) electrons. The van der Waals surface area contributed by atoms with E-state index in [1.165, 1.54) is 0 Å². The quantitative estimate of drug-likeness (QED) is 0.686.